The minimum Gasteiger partial charge on any atom is -0.445 e. The van der Waals surface area contributed by atoms with Crippen LogP contribution in [0.1, 0.15) is 45.6 Å². The quantitative estimate of drug-likeness (QED) is 0.404. The summed E-state index contributed by atoms with van der Waals surface area (Å²) >= 11 is 0. The largest absolute Gasteiger partial charge is 0.516 e. The Balaban J connectivity index is 2.59. The second-order valence-electron chi connectivity index (χ2n) is 6.93. The molecule has 1 atom stereocenters. The van der Waals surface area contributed by atoms with Crippen LogP contribution in [0.4, 0.5) is 9.59 Å². The highest BCUT2D eigenvalue weighted by Crippen LogP contribution is 2.10. The minimum absolute atomic E-state index is 0.0588. The van der Waals surface area contributed by atoms with Gasteiger partial charge in [0, 0.05) is 0 Å². The van der Waals surface area contributed by atoms with Crippen molar-refractivity contribution in [3.63, 3.8) is 0 Å². The number of alkyl carbamates (subject to hydrolysis) is 1. The Morgan fingerprint density at radius 3 is 2.37 bits per heavy atom. The van der Waals surface area contributed by atoms with Crippen molar-refractivity contribution in [2.24, 2.45) is 5.73 Å². The SMILES string of the molecule is CC(C)(C)OC(=O)OC(=O)[C@H](CCCCN)NC(=O)OCc1ccccc1. The first-order valence-corrected chi connectivity index (χ1v) is 8.83. The van der Waals surface area contributed by atoms with Crippen LogP contribution in [0.5, 0.6) is 0 Å². The normalized spacial score (nSPS) is 12.0. The van der Waals surface area contributed by atoms with Crippen LogP contribution in [0.3, 0.4) is 0 Å². The number of unbranched alkanes of at least 4 members (excludes halogenated alkanes) is 1. The van der Waals surface area contributed by atoms with E-state index < -0.39 is 29.9 Å². The molecule has 0 aliphatic rings. The summed E-state index contributed by atoms with van der Waals surface area (Å²) in [4.78, 5) is 35.9. The molecule has 1 aromatic rings. The van der Waals surface area contributed by atoms with Crippen LogP contribution >= 0.6 is 0 Å². The number of hydrogen-bond donors (Lipinski definition) is 2. The summed E-state index contributed by atoms with van der Waals surface area (Å²) in [7, 11) is 0. The first-order valence-electron chi connectivity index (χ1n) is 8.83. The molecule has 3 N–H and O–H groups in total. The van der Waals surface area contributed by atoms with Crippen LogP contribution in [0.2, 0.25) is 0 Å². The summed E-state index contributed by atoms with van der Waals surface area (Å²) in [5, 5.41) is 2.43. The lowest BCUT2D eigenvalue weighted by molar-refractivity contribution is -0.144. The Hall–Kier alpha value is -2.61. The highest BCUT2D eigenvalue weighted by molar-refractivity contribution is 5.88. The third kappa shape index (κ3) is 10.2. The van der Waals surface area contributed by atoms with Gasteiger partial charge in [0.2, 0.25) is 0 Å². The third-order valence-corrected chi connectivity index (χ3v) is 3.31. The van der Waals surface area contributed by atoms with Crippen molar-refractivity contribution in [3.8, 4) is 0 Å². The molecule has 1 amide bonds. The molecule has 8 nitrogen and oxygen atoms in total. The molecule has 150 valence electrons. The fourth-order valence-electron chi connectivity index (χ4n) is 2.07. The van der Waals surface area contributed by atoms with Gasteiger partial charge in [-0.1, -0.05) is 30.3 Å². The number of carbonyl (C=O) groups is 3. The van der Waals surface area contributed by atoms with Crippen LogP contribution in [-0.2, 0) is 25.6 Å². The molecule has 0 radical (unpaired) electrons. The smallest absolute Gasteiger partial charge is 0.445 e. The van der Waals surface area contributed by atoms with Gasteiger partial charge in [-0.15, -0.1) is 0 Å². The van der Waals surface area contributed by atoms with Crippen molar-refractivity contribution >= 4 is 18.2 Å². The van der Waals surface area contributed by atoms with Crippen LogP contribution in [0, 0.1) is 0 Å². The summed E-state index contributed by atoms with van der Waals surface area (Å²) in [6.07, 6.45) is -0.395. The summed E-state index contributed by atoms with van der Waals surface area (Å²) in [6, 6.07) is 8.08. The number of nitrogens with two attached hydrogens (primary N) is 1. The monoisotopic (exact) mass is 380 g/mol. The van der Waals surface area contributed by atoms with Gasteiger partial charge in [0.05, 0.1) is 0 Å². The maximum atomic E-state index is 12.2. The summed E-state index contributed by atoms with van der Waals surface area (Å²) in [5.74, 6) is -0.905. The van der Waals surface area contributed by atoms with E-state index in [9.17, 15) is 14.4 Å². The lowest BCUT2D eigenvalue weighted by Crippen LogP contribution is -2.43. The Bertz CT molecular complexity index is 612. The van der Waals surface area contributed by atoms with Crippen molar-refractivity contribution in [1.29, 1.82) is 0 Å². The lowest BCUT2D eigenvalue weighted by Gasteiger charge is -2.20. The molecule has 0 saturated heterocycles. The molecule has 0 fully saturated rings. The Morgan fingerprint density at radius 1 is 1.11 bits per heavy atom. The first-order chi connectivity index (χ1) is 12.7. The molecule has 1 aromatic carbocycles. The van der Waals surface area contributed by atoms with E-state index in [2.05, 4.69) is 10.1 Å². The molecule has 0 aliphatic carbocycles. The van der Waals surface area contributed by atoms with E-state index in [0.29, 0.717) is 19.4 Å². The minimum atomic E-state index is -1.12. The third-order valence-electron chi connectivity index (χ3n) is 3.31. The number of rotatable bonds is 8. The van der Waals surface area contributed by atoms with Gasteiger partial charge >= 0.3 is 18.2 Å². The van der Waals surface area contributed by atoms with Crippen molar-refractivity contribution in [1.82, 2.24) is 5.32 Å². The molecular weight excluding hydrogens is 352 g/mol. The zero-order chi connectivity index (χ0) is 20.3. The summed E-state index contributed by atoms with van der Waals surface area (Å²) in [6.45, 7) is 5.46. The standard InChI is InChI=1S/C19H28N2O6/c1-19(2,3)27-18(24)26-16(22)15(11-7-8-12-20)21-17(23)25-13-14-9-5-4-6-10-14/h4-6,9-10,15H,7-8,11-13,20H2,1-3H3,(H,21,23)/t15-/m0/s1. The van der Waals surface area contributed by atoms with E-state index in [0.717, 1.165) is 5.56 Å². The molecule has 0 spiro atoms. The van der Waals surface area contributed by atoms with Crippen LogP contribution in [0.15, 0.2) is 30.3 Å². The molecular formula is C19H28N2O6. The van der Waals surface area contributed by atoms with Gasteiger partial charge in [0.1, 0.15) is 18.2 Å². The Labute approximate surface area is 159 Å². The number of hydrogen-bond acceptors (Lipinski definition) is 7. The van der Waals surface area contributed by atoms with Crippen molar-refractivity contribution in [3.05, 3.63) is 35.9 Å². The highest BCUT2D eigenvalue weighted by Gasteiger charge is 2.27. The van der Waals surface area contributed by atoms with Crippen LogP contribution in [-0.4, -0.2) is 36.4 Å². The zero-order valence-electron chi connectivity index (χ0n) is 16.0. The number of carbonyl (C=O) groups excluding carboxylic acids is 3. The van der Waals surface area contributed by atoms with E-state index in [-0.39, 0.29) is 13.0 Å². The van der Waals surface area contributed by atoms with Crippen molar-refractivity contribution in [2.45, 2.75) is 58.3 Å². The average molecular weight is 380 g/mol. The molecule has 0 saturated carbocycles. The maximum absolute atomic E-state index is 12.2. The zero-order valence-corrected chi connectivity index (χ0v) is 16.0. The van der Waals surface area contributed by atoms with Crippen LogP contribution < -0.4 is 11.1 Å². The number of nitrogens with one attached hydrogen (secondary N) is 1. The van der Waals surface area contributed by atoms with E-state index >= 15 is 0 Å². The second-order valence-corrected chi connectivity index (χ2v) is 6.93. The maximum Gasteiger partial charge on any atom is 0.516 e. The van der Waals surface area contributed by atoms with Gasteiger partial charge in [-0.3, -0.25) is 0 Å². The van der Waals surface area contributed by atoms with Gasteiger partial charge in [0.25, 0.3) is 0 Å². The van der Waals surface area contributed by atoms with Gasteiger partial charge in [-0.25, -0.2) is 14.4 Å². The predicted molar refractivity (Wildman–Crippen MR) is 98.8 cm³/mol. The highest BCUT2D eigenvalue weighted by atomic mass is 16.7. The van der Waals surface area contributed by atoms with E-state index in [1.54, 1.807) is 20.8 Å². The molecule has 0 aromatic heterocycles. The average Bonchev–Trinajstić information content (AvgIpc) is 2.58. The molecule has 27 heavy (non-hydrogen) atoms. The number of ether oxygens (including phenoxy) is 3. The fourth-order valence-corrected chi connectivity index (χ4v) is 2.07. The molecule has 0 bridgehead atoms. The van der Waals surface area contributed by atoms with E-state index in [4.69, 9.17) is 15.2 Å². The van der Waals surface area contributed by atoms with Gasteiger partial charge in [-0.05, 0) is 52.1 Å². The summed E-state index contributed by atoms with van der Waals surface area (Å²) < 4.78 is 14.7. The van der Waals surface area contributed by atoms with Gasteiger partial charge < -0.3 is 25.3 Å². The summed E-state index contributed by atoms with van der Waals surface area (Å²) in [5.41, 5.74) is 5.46. The number of amides is 1. The van der Waals surface area contributed by atoms with E-state index in [1.807, 2.05) is 30.3 Å². The molecule has 8 heteroatoms. The van der Waals surface area contributed by atoms with E-state index in [1.165, 1.54) is 0 Å². The molecule has 0 aliphatic heterocycles. The Kier molecular flexibility index (Phi) is 9.29. The molecule has 0 unspecified atom stereocenters. The predicted octanol–water partition coefficient (Wildman–Crippen LogP) is 2.89. The lowest BCUT2D eigenvalue weighted by atomic mass is 10.1. The molecule has 1 rings (SSSR count). The van der Waals surface area contributed by atoms with Gasteiger partial charge in [0.15, 0.2) is 0 Å². The van der Waals surface area contributed by atoms with Crippen LogP contribution in [0.25, 0.3) is 0 Å². The van der Waals surface area contributed by atoms with Crippen molar-refractivity contribution in [2.75, 3.05) is 6.54 Å². The van der Waals surface area contributed by atoms with Gasteiger partial charge in [-0.2, -0.15) is 0 Å². The molecule has 0 heterocycles. The topological polar surface area (TPSA) is 117 Å². The first kappa shape index (κ1) is 22.4. The fraction of sp³-hybridized carbons (Fsp3) is 0.526. The number of benzene rings is 1. The second kappa shape index (κ2) is 11.2. The van der Waals surface area contributed by atoms with Crippen molar-refractivity contribution < 1.29 is 28.6 Å². The number of esters is 1. The Morgan fingerprint density at radius 2 is 1.78 bits per heavy atom.